The van der Waals surface area contributed by atoms with E-state index in [1.54, 1.807) is 12.1 Å². The van der Waals surface area contributed by atoms with Crippen molar-refractivity contribution in [3.63, 3.8) is 0 Å². The topological polar surface area (TPSA) is 87.6 Å². The number of benzene rings is 2. The molecule has 1 aliphatic rings. The molecular formula is C20H21N3O3S. The van der Waals surface area contributed by atoms with Gasteiger partial charge in [-0.1, -0.05) is 36.4 Å². The minimum absolute atomic E-state index is 0.0821. The first kappa shape index (κ1) is 18.8. The van der Waals surface area contributed by atoms with E-state index >= 15 is 0 Å². The lowest BCUT2D eigenvalue weighted by Gasteiger charge is -2.09. The van der Waals surface area contributed by atoms with Crippen LogP contribution in [0.25, 0.3) is 5.57 Å². The van der Waals surface area contributed by atoms with Crippen LogP contribution in [0.5, 0.6) is 0 Å². The van der Waals surface area contributed by atoms with Crippen molar-refractivity contribution in [3.05, 3.63) is 66.2 Å². The van der Waals surface area contributed by atoms with E-state index in [2.05, 4.69) is 15.0 Å². The Bertz CT molecular complexity index is 996. The molecule has 0 saturated heterocycles. The lowest BCUT2D eigenvalue weighted by molar-refractivity contribution is -0.111. The van der Waals surface area contributed by atoms with Crippen molar-refractivity contribution in [2.75, 3.05) is 11.9 Å². The molecule has 0 aliphatic carbocycles. The van der Waals surface area contributed by atoms with Gasteiger partial charge in [-0.25, -0.2) is 8.42 Å². The molecule has 27 heavy (non-hydrogen) atoms. The van der Waals surface area contributed by atoms with Crippen molar-refractivity contribution in [2.45, 2.75) is 24.7 Å². The zero-order valence-corrected chi connectivity index (χ0v) is 15.8. The lowest BCUT2D eigenvalue weighted by atomic mass is 10.1. The SMILES string of the molecule is C/C(=C/C(=O)Nc1cccc(S(=O)(=O)NC2=NCCC2)c1)c1ccccc1. The fraction of sp³-hybridized carbons (Fsp3) is 0.200. The third kappa shape index (κ3) is 5.04. The van der Waals surface area contributed by atoms with Crippen LogP contribution in [0, 0.1) is 0 Å². The van der Waals surface area contributed by atoms with E-state index in [-0.39, 0.29) is 10.8 Å². The van der Waals surface area contributed by atoms with E-state index in [9.17, 15) is 13.2 Å². The molecule has 6 nitrogen and oxygen atoms in total. The van der Waals surface area contributed by atoms with E-state index < -0.39 is 10.0 Å². The molecule has 0 radical (unpaired) electrons. The van der Waals surface area contributed by atoms with Gasteiger partial charge in [0.15, 0.2) is 0 Å². The van der Waals surface area contributed by atoms with Gasteiger partial charge >= 0.3 is 0 Å². The first-order valence-electron chi connectivity index (χ1n) is 8.65. The highest BCUT2D eigenvalue weighted by Gasteiger charge is 2.18. The van der Waals surface area contributed by atoms with Crippen LogP contribution in [0.15, 0.2) is 70.6 Å². The van der Waals surface area contributed by atoms with Crippen LogP contribution in [0.3, 0.4) is 0 Å². The van der Waals surface area contributed by atoms with Crippen LogP contribution in [0.1, 0.15) is 25.3 Å². The van der Waals surface area contributed by atoms with Crippen molar-refractivity contribution in [2.24, 2.45) is 4.99 Å². The van der Waals surface area contributed by atoms with Crippen molar-refractivity contribution < 1.29 is 13.2 Å². The van der Waals surface area contributed by atoms with Gasteiger partial charge in [0.2, 0.25) is 5.91 Å². The summed E-state index contributed by atoms with van der Waals surface area (Å²) < 4.78 is 27.4. The minimum Gasteiger partial charge on any atom is -0.322 e. The van der Waals surface area contributed by atoms with Gasteiger partial charge in [-0.2, -0.15) is 0 Å². The Morgan fingerprint density at radius 1 is 1.11 bits per heavy atom. The first-order valence-corrected chi connectivity index (χ1v) is 10.1. The van der Waals surface area contributed by atoms with E-state index in [0.717, 1.165) is 17.6 Å². The predicted molar refractivity (Wildman–Crippen MR) is 107 cm³/mol. The molecule has 1 amide bonds. The number of amides is 1. The third-order valence-electron chi connectivity index (χ3n) is 4.12. The maximum absolute atomic E-state index is 12.5. The summed E-state index contributed by atoms with van der Waals surface area (Å²) >= 11 is 0. The van der Waals surface area contributed by atoms with Crippen molar-refractivity contribution in [1.82, 2.24) is 4.72 Å². The van der Waals surface area contributed by atoms with Crippen molar-refractivity contribution >= 4 is 33.0 Å². The smallest absolute Gasteiger partial charge is 0.262 e. The van der Waals surface area contributed by atoms with Gasteiger partial charge < -0.3 is 5.32 Å². The van der Waals surface area contributed by atoms with Gasteiger partial charge in [-0.15, -0.1) is 0 Å². The molecule has 140 valence electrons. The monoisotopic (exact) mass is 383 g/mol. The number of hydrogen-bond donors (Lipinski definition) is 2. The molecule has 2 aromatic carbocycles. The summed E-state index contributed by atoms with van der Waals surface area (Å²) in [5, 5.41) is 2.71. The Morgan fingerprint density at radius 2 is 1.89 bits per heavy atom. The Labute approximate surface area is 159 Å². The van der Waals surface area contributed by atoms with Crippen LogP contribution in [0.2, 0.25) is 0 Å². The molecule has 3 rings (SSSR count). The molecule has 2 N–H and O–H groups in total. The maximum Gasteiger partial charge on any atom is 0.262 e. The number of carbonyl (C=O) groups excluding carboxylic acids is 1. The molecule has 0 atom stereocenters. The highest BCUT2D eigenvalue weighted by Crippen LogP contribution is 2.18. The molecule has 7 heteroatoms. The molecule has 0 spiro atoms. The quantitative estimate of drug-likeness (QED) is 0.777. The Kier molecular flexibility index (Phi) is 5.71. The Morgan fingerprint density at radius 3 is 2.59 bits per heavy atom. The van der Waals surface area contributed by atoms with Crippen molar-refractivity contribution in [3.8, 4) is 0 Å². The molecule has 0 fully saturated rings. The summed E-state index contributed by atoms with van der Waals surface area (Å²) in [5.41, 5.74) is 2.18. The standard InChI is InChI=1S/C20H21N3O3S/c1-15(16-7-3-2-4-8-16)13-20(24)22-17-9-5-10-18(14-17)27(25,26)23-19-11-6-12-21-19/h2-5,7-10,13-14H,6,11-12H2,1H3,(H,21,23)(H,22,24)/b15-13-. The number of carbonyl (C=O) groups is 1. The number of hydrogen-bond acceptors (Lipinski definition) is 4. The zero-order chi connectivity index (χ0) is 19.3. The predicted octanol–water partition coefficient (Wildman–Crippen LogP) is 3.20. The number of aliphatic imine (C=N–C) groups is 1. The first-order chi connectivity index (χ1) is 12.9. The van der Waals surface area contributed by atoms with E-state index in [0.29, 0.717) is 24.5 Å². The molecule has 0 unspecified atom stereocenters. The number of rotatable bonds is 5. The molecular weight excluding hydrogens is 362 g/mol. The van der Waals surface area contributed by atoms with Gasteiger partial charge in [0, 0.05) is 24.7 Å². The van der Waals surface area contributed by atoms with Crippen molar-refractivity contribution in [1.29, 1.82) is 0 Å². The number of amidine groups is 1. The lowest BCUT2D eigenvalue weighted by Crippen LogP contribution is -2.29. The average molecular weight is 383 g/mol. The molecule has 0 saturated carbocycles. The highest BCUT2D eigenvalue weighted by atomic mass is 32.2. The second kappa shape index (κ2) is 8.18. The zero-order valence-electron chi connectivity index (χ0n) is 15.0. The minimum atomic E-state index is -3.72. The fourth-order valence-electron chi connectivity index (χ4n) is 2.74. The number of allylic oxidation sites excluding steroid dienone is 1. The second-order valence-corrected chi connectivity index (χ2v) is 7.93. The Hall–Kier alpha value is -2.93. The molecule has 0 bridgehead atoms. The second-order valence-electron chi connectivity index (χ2n) is 6.25. The van der Waals surface area contributed by atoms with Gasteiger partial charge in [0.25, 0.3) is 10.0 Å². The number of nitrogens with one attached hydrogen (secondary N) is 2. The third-order valence-corrected chi connectivity index (χ3v) is 5.49. The normalized spacial score (nSPS) is 14.6. The largest absolute Gasteiger partial charge is 0.322 e. The van der Waals surface area contributed by atoms with E-state index in [1.165, 1.54) is 18.2 Å². The van der Waals surface area contributed by atoms with Gasteiger partial charge in [-0.3, -0.25) is 14.5 Å². The van der Waals surface area contributed by atoms with Gasteiger partial charge in [-0.05, 0) is 42.7 Å². The summed E-state index contributed by atoms with van der Waals surface area (Å²) in [6, 6.07) is 15.7. The summed E-state index contributed by atoms with van der Waals surface area (Å²) in [6.07, 6.45) is 2.96. The van der Waals surface area contributed by atoms with Gasteiger partial charge in [0.05, 0.1) is 4.90 Å². The summed E-state index contributed by atoms with van der Waals surface area (Å²) in [4.78, 5) is 16.5. The summed E-state index contributed by atoms with van der Waals surface area (Å²) in [5.74, 6) is 0.157. The van der Waals surface area contributed by atoms with Crippen LogP contribution < -0.4 is 10.0 Å². The number of anilines is 1. The summed E-state index contributed by atoms with van der Waals surface area (Å²) in [7, 11) is -3.72. The van der Waals surface area contributed by atoms with Crippen LogP contribution in [-0.4, -0.2) is 26.7 Å². The number of nitrogens with zero attached hydrogens (tertiary/aromatic N) is 1. The van der Waals surface area contributed by atoms with Crippen LogP contribution >= 0.6 is 0 Å². The maximum atomic E-state index is 12.5. The molecule has 0 aromatic heterocycles. The number of sulfonamides is 1. The van der Waals surface area contributed by atoms with Crippen LogP contribution in [0.4, 0.5) is 5.69 Å². The van der Waals surface area contributed by atoms with Gasteiger partial charge in [0.1, 0.15) is 5.84 Å². The van der Waals surface area contributed by atoms with Crippen LogP contribution in [-0.2, 0) is 14.8 Å². The summed E-state index contributed by atoms with van der Waals surface area (Å²) in [6.45, 7) is 2.49. The molecule has 1 aliphatic heterocycles. The van der Waals surface area contributed by atoms with E-state index in [1.807, 2.05) is 37.3 Å². The molecule has 1 heterocycles. The molecule has 2 aromatic rings. The average Bonchev–Trinajstić information content (AvgIpc) is 3.15. The fourth-order valence-corrected chi connectivity index (χ4v) is 3.87. The Balaban J connectivity index is 1.73. The highest BCUT2D eigenvalue weighted by molar-refractivity contribution is 7.90. The van der Waals surface area contributed by atoms with E-state index in [4.69, 9.17) is 0 Å².